The van der Waals surface area contributed by atoms with Gasteiger partial charge < -0.3 is 24.6 Å². The topological polar surface area (TPSA) is 157 Å². The lowest BCUT2D eigenvalue weighted by molar-refractivity contribution is -0.116. The van der Waals surface area contributed by atoms with Gasteiger partial charge in [0.15, 0.2) is 17.3 Å². The van der Waals surface area contributed by atoms with Gasteiger partial charge in [-0.05, 0) is 75.1 Å². The van der Waals surface area contributed by atoms with E-state index in [1.54, 1.807) is 34.6 Å². The van der Waals surface area contributed by atoms with Crippen LogP contribution in [0.4, 0.5) is 10.1 Å². The van der Waals surface area contributed by atoms with Gasteiger partial charge in [0, 0.05) is 29.8 Å². The number of piperidine rings is 1. The first-order chi connectivity index (χ1) is 23.6. The lowest BCUT2D eigenvalue weighted by Crippen LogP contribution is -2.46. The standard InChI is InChI=1S/C34H34ClFN8O5/c1-19-28(46)27(38-18-37-19)31(48)42-12-10-33(11-13-42)7-4-24-26(33)30(47)44-32(40-29(41-44)20-5-14-49-15-6-20)43(24)17-25(45)39-23-3-2-21(16-22(23)35)34(36)8-9-34/h2-3,5,16,18,46H,4,6-15,17H2,1H3,(H,39,45). The van der Waals surface area contributed by atoms with Crippen LogP contribution in [-0.4, -0.2) is 77.3 Å². The van der Waals surface area contributed by atoms with Crippen LogP contribution in [0, 0.1) is 6.92 Å². The van der Waals surface area contributed by atoms with Crippen molar-refractivity contribution in [2.75, 3.05) is 31.6 Å². The fourth-order valence-electron chi connectivity index (χ4n) is 7.45. The smallest absolute Gasteiger partial charge is 0.279 e. The van der Waals surface area contributed by atoms with E-state index < -0.39 is 17.0 Å². The fourth-order valence-corrected chi connectivity index (χ4v) is 7.67. The average molecular weight is 689 g/mol. The molecular formula is C34H34ClFN8O5. The Morgan fingerprint density at radius 3 is 2.63 bits per heavy atom. The third-order valence-electron chi connectivity index (χ3n) is 10.4. The number of nitrogens with one attached hydrogen (secondary N) is 1. The minimum atomic E-state index is -1.35. The van der Waals surface area contributed by atoms with Crippen molar-refractivity contribution in [3.8, 4) is 5.75 Å². The summed E-state index contributed by atoms with van der Waals surface area (Å²) in [7, 11) is 0. The summed E-state index contributed by atoms with van der Waals surface area (Å²) in [6, 6.07) is 4.81. The summed E-state index contributed by atoms with van der Waals surface area (Å²) in [4.78, 5) is 55.7. The van der Waals surface area contributed by atoms with Gasteiger partial charge in [0.05, 0.1) is 29.6 Å². The van der Waals surface area contributed by atoms with Crippen LogP contribution in [0.3, 0.4) is 0 Å². The maximum Gasteiger partial charge on any atom is 0.279 e. The molecule has 8 rings (SSSR count). The number of aryl methyl sites for hydroxylation is 1. The molecule has 1 aromatic carbocycles. The van der Waals surface area contributed by atoms with Gasteiger partial charge in [0.2, 0.25) is 11.7 Å². The van der Waals surface area contributed by atoms with Crippen molar-refractivity contribution < 1.29 is 23.8 Å². The number of hydrogen-bond acceptors (Lipinski definition) is 9. The predicted molar refractivity (Wildman–Crippen MR) is 176 cm³/mol. The third-order valence-corrected chi connectivity index (χ3v) is 10.8. The molecule has 1 spiro atoms. The molecule has 13 nitrogen and oxygen atoms in total. The number of likely N-dealkylation sites (tertiary alicyclic amines) is 1. The summed E-state index contributed by atoms with van der Waals surface area (Å²) in [6.45, 7) is 3.07. The van der Waals surface area contributed by atoms with Crippen molar-refractivity contribution in [3.63, 3.8) is 0 Å². The molecule has 5 heterocycles. The van der Waals surface area contributed by atoms with Gasteiger partial charge in [-0.15, -0.1) is 5.10 Å². The summed E-state index contributed by atoms with van der Waals surface area (Å²) >= 11 is 6.47. The summed E-state index contributed by atoms with van der Waals surface area (Å²) in [5.74, 6) is -0.353. The minimum absolute atomic E-state index is 0.0469. The van der Waals surface area contributed by atoms with E-state index in [0.29, 0.717) is 105 Å². The number of carbonyl (C=O) groups excluding carboxylic acids is 2. The predicted octanol–water partition coefficient (Wildman–Crippen LogP) is 3.87. The number of aromatic hydroxyl groups is 1. The Labute approximate surface area is 284 Å². The molecule has 2 N–H and O–H groups in total. The van der Waals surface area contributed by atoms with Crippen LogP contribution in [0.2, 0.25) is 5.02 Å². The second kappa shape index (κ2) is 11.7. The monoisotopic (exact) mass is 688 g/mol. The molecule has 2 aliphatic heterocycles. The van der Waals surface area contributed by atoms with Crippen LogP contribution >= 0.6 is 11.6 Å². The molecule has 0 unspecified atom stereocenters. The number of rotatable bonds is 6. The molecule has 4 aliphatic rings. The van der Waals surface area contributed by atoms with Crippen LogP contribution in [-0.2, 0) is 33.6 Å². The van der Waals surface area contributed by atoms with E-state index in [1.807, 2.05) is 6.08 Å². The number of hydrogen-bond donors (Lipinski definition) is 2. The molecule has 2 fully saturated rings. The average Bonchev–Trinajstić information content (AvgIpc) is 3.53. The van der Waals surface area contributed by atoms with E-state index in [9.17, 15) is 23.9 Å². The zero-order chi connectivity index (χ0) is 34.1. The van der Waals surface area contributed by atoms with E-state index in [-0.39, 0.29) is 40.3 Å². The number of benzene rings is 1. The molecular weight excluding hydrogens is 655 g/mol. The molecule has 4 aromatic rings. The van der Waals surface area contributed by atoms with Crippen molar-refractivity contribution in [2.24, 2.45) is 0 Å². The van der Waals surface area contributed by atoms with Gasteiger partial charge in [-0.2, -0.15) is 9.50 Å². The Balaban J connectivity index is 1.13. The zero-order valence-corrected chi connectivity index (χ0v) is 27.6. The van der Waals surface area contributed by atoms with E-state index in [0.717, 1.165) is 5.57 Å². The van der Waals surface area contributed by atoms with Crippen LogP contribution in [0.15, 0.2) is 35.4 Å². The maximum absolute atomic E-state index is 14.6. The third kappa shape index (κ3) is 5.37. The molecule has 0 atom stereocenters. The number of aromatic nitrogens is 6. The van der Waals surface area contributed by atoms with Crippen molar-refractivity contribution in [1.82, 2.24) is 34.0 Å². The second-order valence-electron chi connectivity index (χ2n) is 13.4. The van der Waals surface area contributed by atoms with Crippen molar-refractivity contribution >= 4 is 40.5 Å². The van der Waals surface area contributed by atoms with Gasteiger partial charge in [0.1, 0.15) is 18.5 Å². The number of anilines is 1. The number of carbonyl (C=O) groups is 2. The SMILES string of the molecule is Cc1ncnc(C(=O)N2CCC3(CCc4c3c(=O)n3nc(C5=CCOCC5)nc3n4CC(=O)Nc3ccc(C4(F)CC4)cc3Cl)CC2)c1O. The molecule has 49 heavy (non-hydrogen) atoms. The number of amides is 2. The summed E-state index contributed by atoms with van der Waals surface area (Å²) in [5.41, 5.74) is 1.11. The molecule has 3 aromatic heterocycles. The second-order valence-corrected chi connectivity index (χ2v) is 13.8. The highest BCUT2D eigenvalue weighted by Gasteiger charge is 2.47. The lowest BCUT2D eigenvalue weighted by Gasteiger charge is -2.39. The van der Waals surface area contributed by atoms with Crippen LogP contribution in [0.25, 0.3) is 11.4 Å². The molecule has 254 valence electrons. The van der Waals surface area contributed by atoms with Gasteiger partial charge in [0.25, 0.3) is 11.5 Å². The Morgan fingerprint density at radius 2 is 1.92 bits per heavy atom. The van der Waals surface area contributed by atoms with Gasteiger partial charge >= 0.3 is 0 Å². The van der Waals surface area contributed by atoms with Crippen LogP contribution in [0.5, 0.6) is 5.75 Å². The zero-order valence-electron chi connectivity index (χ0n) is 26.8. The number of alkyl halides is 1. The molecule has 0 radical (unpaired) electrons. The van der Waals surface area contributed by atoms with Crippen molar-refractivity contribution in [3.05, 3.63) is 80.0 Å². The highest BCUT2D eigenvalue weighted by Crippen LogP contribution is 2.50. The number of nitrogens with zero attached hydrogens (tertiary/aromatic N) is 7. The van der Waals surface area contributed by atoms with E-state index in [4.69, 9.17) is 21.3 Å². The number of ether oxygens (including phenoxy) is 1. The highest BCUT2D eigenvalue weighted by atomic mass is 35.5. The summed E-state index contributed by atoms with van der Waals surface area (Å²) < 4.78 is 23.1. The Hall–Kier alpha value is -4.69. The Bertz CT molecular complexity index is 2130. The fraction of sp³-hybridized carbons (Fsp3) is 0.441. The quantitative estimate of drug-likeness (QED) is 0.307. The van der Waals surface area contributed by atoms with Gasteiger partial charge in [-0.1, -0.05) is 23.7 Å². The van der Waals surface area contributed by atoms with Crippen molar-refractivity contribution in [2.45, 2.75) is 69.5 Å². The first kappa shape index (κ1) is 31.6. The first-order valence-electron chi connectivity index (χ1n) is 16.5. The Morgan fingerprint density at radius 1 is 1.12 bits per heavy atom. The van der Waals surface area contributed by atoms with Crippen LogP contribution in [0.1, 0.15) is 77.4 Å². The van der Waals surface area contributed by atoms with Crippen molar-refractivity contribution in [1.29, 1.82) is 0 Å². The Kier molecular flexibility index (Phi) is 7.56. The van der Waals surface area contributed by atoms with Gasteiger partial charge in [-0.3, -0.25) is 14.4 Å². The van der Waals surface area contributed by atoms with E-state index in [1.165, 1.54) is 10.8 Å². The maximum atomic E-state index is 14.6. The summed E-state index contributed by atoms with van der Waals surface area (Å²) in [6.07, 6.45) is 6.84. The molecule has 15 heteroatoms. The number of fused-ring (bicyclic) bond motifs is 3. The molecule has 1 saturated carbocycles. The number of halogens is 2. The highest BCUT2D eigenvalue weighted by molar-refractivity contribution is 6.33. The lowest BCUT2D eigenvalue weighted by atomic mass is 9.74. The normalized spacial score (nSPS) is 19.2. The van der Waals surface area contributed by atoms with Gasteiger partial charge in [-0.25, -0.2) is 14.4 Å². The molecule has 2 aliphatic carbocycles. The van der Waals surface area contributed by atoms with E-state index >= 15 is 0 Å². The minimum Gasteiger partial charge on any atom is -0.504 e. The molecule has 1 saturated heterocycles. The molecule has 2 amide bonds. The first-order valence-corrected chi connectivity index (χ1v) is 16.8. The van der Waals surface area contributed by atoms with E-state index in [2.05, 4.69) is 20.4 Å². The largest absolute Gasteiger partial charge is 0.504 e. The molecule has 0 bridgehead atoms. The summed E-state index contributed by atoms with van der Waals surface area (Å²) in [5, 5.41) is 18.2. The van der Waals surface area contributed by atoms with Crippen LogP contribution < -0.4 is 10.9 Å².